The summed E-state index contributed by atoms with van der Waals surface area (Å²) < 4.78 is 22.9. The van der Waals surface area contributed by atoms with Crippen molar-refractivity contribution < 1.29 is 19.0 Å². The quantitative estimate of drug-likeness (QED) is 0.326. The monoisotopic (exact) mass is 514 g/mol. The molecule has 0 saturated carbocycles. The molecule has 0 spiro atoms. The molecule has 1 aliphatic rings. The zero-order valence-corrected chi connectivity index (χ0v) is 21.8. The van der Waals surface area contributed by atoms with Crippen LogP contribution in [-0.2, 0) is 11.8 Å². The number of fused-ring (bicyclic) bond motifs is 1. The minimum Gasteiger partial charge on any atom is -0.497 e. The first kappa shape index (κ1) is 26.4. The third-order valence-electron chi connectivity index (χ3n) is 7.23. The van der Waals surface area contributed by atoms with Gasteiger partial charge in [0, 0.05) is 56.3 Å². The molecule has 194 valence electrons. The van der Waals surface area contributed by atoms with Gasteiger partial charge in [0.2, 0.25) is 0 Å². The van der Waals surface area contributed by atoms with Crippen LogP contribution < -0.4 is 4.74 Å². The fourth-order valence-electron chi connectivity index (χ4n) is 5.19. The van der Waals surface area contributed by atoms with E-state index < -0.39 is 12.1 Å². The maximum Gasteiger partial charge on any atom is 0.303 e. The van der Waals surface area contributed by atoms with Gasteiger partial charge in [0.05, 0.1) is 12.6 Å². The summed E-state index contributed by atoms with van der Waals surface area (Å²) in [5.74, 6) is 1.44. The Hall–Kier alpha value is -2.65. The first-order valence-corrected chi connectivity index (χ1v) is 13.5. The van der Waals surface area contributed by atoms with Gasteiger partial charge in [-0.1, -0.05) is 11.8 Å². The Morgan fingerprint density at radius 1 is 1.25 bits per heavy atom. The van der Waals surface area contributed by atoms with Crippen molar-refractivity contribution in [3.63, 3.8) is 0 Å². The summed E-state index contributed by atoms with van der Waals surface area (Å²) >= 11 is 1.74. The van der Waals surface area contributed by atoms with Crippen LogP contribution in [0.5, 0.6) is 5.75 Å². The number of methoxy groups -OCH3 is 1. The number of imidazole rings is 1. The number of piperidine rings is 1. The average Bonchev–Trinajstić information content (AvgIpc) is 3.30. The molecule has 0 amide bonds. The second kappa shape index (κ2) is 12.5. The van der Waals surface area contributed by atoms with Gasteiger partial charge >= 0.3 is 5.97 Å². The third kappa shape index (κ3) is 6.76. The molecule has 36 heavy (non-hydrogen) atoms. The van der Waals surface area contributed by atoms with E-state index in [-0.39, 0.29) is 12.3 Å². The van der Waals surface area contributed by atoms with E-state index in [4.69, 9.17) is 4.74 Å². The van der Waals surface area contributed by atoms with E-state index >= 15 is 4.39 Å². The molecule has 9 heteroatoms. The second-order valence-electron chi connectivity index (χ2n) is 9.54. The number of halogens is 1. The van der Waals surface area contributed by atoms with Crippen LogP contribution in [0.25, 0.3) is 10.9 Å². The third-order valence-corrected chi connectivity index (χ3v) is 8.27. The summed E-state index contributed by atoms with van der Waals surface area (Å²) in [6.07, 6.45) is 7.23. The molecule has 0 bridgehead atoms. The number of aliphatic carboxylic acids is 1. The van der Waals surface area contributed by atoms with E-state index in [9.17, 15) is 9.90 Å². The van der Waals surface area contributed by atoms with E-state index in [0.29, 0.717) is 30.1 Å². The molecule has 7 nitrogen and oxygen atoms in total. The lowest BCUT2D eigenvalue weighted by molar-refractivity contribution is -0.137. The predicted octanol–water partition coefficient (Wildman–Crippen LogP) is 5.36. The van der Waals surface area contributed by atoms with Crippen LogP contribution in [0.2, 0.25) is 0 Å². The number of hydrogen-bond acceptors (Lipinski definition) is 6. The van der Waals surface area contributed by atoms with Crippen molar-refractivity contribution in [3.05, 3.63) is 48.4 Å². The second-order valence-corrected chi connectivity index (χ2v) is 10.6. The van der Waals surface area contributed by atoms with E-state index in [0.717, 1.165) is 54.3 Å². The van der Waals surface area contributed by atoms with Crippen LogP contribution in [0.1, 0.15) is 43.8 Å². The van der Waals surface area contributed by atoms with Gasteiger partial charge in [-0.2, -0.15) is 0 Å². The summed E-state index contributed by atoms with van der Waals surface area (Å²) in [6.45, 7) is 2.76. The molecule has 1 N–H and O–H groups in total. The molecule has 2 unspecified atom stereocenters. The molecule has 0 radical (unpaired) electrons. The highest BCUT2D eigenvalue weighted by Crippen LogP contribution is 2.36. The van der Waals surface area contributed by atoms with Crippen LogP contribution in [-0.4, -0.2) is 63.0 Å². The molecule has 0 aliphatic carbocycles. The highest BCUT2D eigenvalue weighted by atomic mass is 32.2. The maximum atomic E-state index is 15.5. The number of likely N-dealkylation sites (tertiary alicyclic amines) is 1. The fraction of sp³-hybridized carbons (Fsp3) is 0.519. The number of aryl methyl sites for hydroxylation is 1. The van der Waals surface area contributed by atoms with E-state index in [1.807, 2.05) is 36.0 Å². The van der Waals surface area contributed by atoms with Gasteiger partial charge < -0.3 is 19.3 Å². The number of alkyl halides is 1. The average molecular weight is 515 g/mol. The zero-order chi connectivity index (χ0) is 25.5. The van der Waals surface area contributed by atoms with Crippen LogP contribution in [0.15, 0.2) is 48.0 Å². The topological polar surface area (TPSA) is 80.5 Å². The number of ether oxygens (including phenoxy) is 1. The van der Waals surface area contributed by atoms with Crippen molar-refractivity contribution in [1.29, 1.82) is 0 Å². The number of carboxylic acid groups (broad SMARTS) is 1. The van der Waals surface area contributed by atoms with Gasteiger partial charge in [-0.05, 0) is 73.9 Å². The highest BCUT2D eigenvalue weighted by Gasteiger charge is 2.30. The molecule has 1 aromatic carbocycles. The Morgan fingerprint density at radius 3 is 2.86 bits per heavy atom. The number of nitrogens with zero attached hydrogens (tertiary/aromatic N) is 4. The van der Waals surface area contributed by atoms with Crippen LogP contribution >= 0.6 is 11.8 Å². The lowest BCUT2D eigenvalue weighted by Crippen LogP contribution is -2.41. The highest BCUT2D eigenvalue weighted by molar-refractivity contribution is 7.99. The fourth-order valence-corrected chi connectivity index (χ4v) is 6.13. The van der Waals surface area contributed by atoms with E-state index in [2.05, 4.69) is 14.9 Å². The Morgan fingerprint density at radius 2 is 2.11 bits per heavy atom. The number of carbonyl (C=O) groups is 1. The SMILES string of the molecule is COc1ccc2nccc([C@@H](F)CCC3CCN(CCSc4nccn4C)CC3CCC(=O)O)c2c1. The Bertz CT molecular complexity index is 1160. The Balaban J connectivity index is 1.36. The first-order chi connectivity index (χ1) is 17.4. The predicted molar refractivity (Wildman–Crippen MR) is 140 cm³/mol. The lowest BCUT2D eigenvalue weighted by atomic mass is 9.79. The van der Waals surface area contributed by atoms with Crippen LogP contribution in [0, 0.1) is 11.8 Å². The number of pyridine rings is 1. The van der Waals surface area contributed by atoms with Gasteiger partial charge in [0.15, 0.2) is 5.16 Å². The number of thioether (sulfide) groups is 1. The number of hydrogen-bond donors (Lipinski definition) is 1. The molecule has 1 saturated heterocycles. The standard InChI is InChI=1S/C27H35FN4O3S/c1-31-14-12-30-27(31)36-16-15-32-13-10-19(20(18-32)4-8-26(33)34)3-6-24(28)22-9-11-29-25-7-5-21(35-2)17-23(22)25/h5,7,9,11-12,14,17,19-20,24H,3-4,6,8,10,13,15-16,18H2,1-2H3,(H,33,34)/t19?,20?,24-/m0/s1. The maximum absolute atomic E-state index is 15.5. The minimum absolute atomic E-state index is 0.158. The van der Waals surface area contributed by atoms with E-state index in [1.165, 1.54) is 0 Å². The molecule has 1 fully saturated rings. The summed E-state index contributed by atoms with van der Waals surface area (Å²) in [7, 11) is 3.59. The van der Waals surface area contributed by atoms with Gasteiger partial charge in [-0.15, -0.1) is 0 Å². The summed E-state index contributed by atoms with van der Waals surface area (Å²) in [5, 5.41) is 11.1. The summed E-state index contributed by atoms with van der Waals surface area (Å²) in [6, 6.07) is 7.30. The molecule has 4 rings (SSSR count). The van der Waals surface area contributed by atoms with Crippen molar-refractivity contribution in [2.45, 2.75) is 43.4 Å². The van der Waals surface area contributed by atoms with E-state index in [1.54, 1.807) is 37.3 Å². The number of carboxylic acids is 1. The number of benzene rings is 1. The first-order valence-electron chi connectivity index (χ1n) is 12.6. The van der Waals surface area contributed by atoms with Crippen molar-refractivity contribution in [1.82, 2.24) is 19.4 Å². The van der Waals surface area contributed by atoms with Crippen molar-refractivity contribution in [2.24, 2.45) is 18.9 Å². The molecule has 3 atom stereocenters. The smallest absolute Gasteiger partial charge is 0.303 e. The zero-order valence-electron chi connectivity index (χ0n) is 21.0. The van der Waals surface area contributed by atoms with Gasteiger partial charge in [0.25, 0.3) is 0 Å². The van der Waals surface area contributed by atoms with Crippen molar-refractivity contribution >= 4 is 28.6 Å². The summed E-state index contributed by atoms with van der Waals surface area (Å²) in [5.41, 5.74) is 1.40. The normalized spacial score (nSPS) is 19.4. The molecular formula is C27H35FN4O3S. The summed E-state index contributed by atoms with van der Waals surface area (Å²) in [4.78, 5) is 22.4. The molecule has 3 heterocycles. The van der Waals surface area contributed by atoms with Crippen molar-refractivity contribution in [3.8, 4) is 5.75 Å². The lowest BCUT2D eigenvalue weighted by Gasteiger charge is -2.39. The Kier molecular flexibility index (Phi) is 9.20. The molecule has 1 aliphatic heterocycles. The number of aromatic nitrogens is 3. The van der Waals surface area contributed by atoms with Crippen LogP contribution in [0.3, 0.4) is 0 Å². The van der Waals surface area contributed by atoms with Crippen molar-refractivity contribution in [2.75, 3.05) is 32.5 Å². The van der Waals surface area contributed by atoms with Gasteiger partial charge in [0.1, 0.15) is 11.9 Å². The number of rotatable bonds is 12. The molecular weight excluding hydrogens is 479 g/mol. The Labute approximate surface area is 216 Å². The minimum atomic E-state index is -1.10. The molecule has 2 aromatic heterocycles. The largest absolute Gasteiger partial charge is 0.497 e. The van der Waals surface area contributed by atoms with Gasteiger partial charge in [-0.3, -0.25) is 9.78 Å². The van der Waals surface area contributed by atoms with Gasteiger partial charge in [-0.25, -0.2) is 9.37 Å². The van der Waals surface area contributed by atoms with Crippen LogP contribution in [0.4, 0.5) is 4.39 Å². The molecule has 3 aromatic rings.